The number of carbonyl (C=O) groups excluding carboxylic acids is 2. The molecule has 0 aliphatic heterocycles. The summed E-state index contributed by atoms with van der Waals surface area (Å²) < 4.78 is 1.66. The number of fused-ring (bicyclic) bond motifs is 1. The zero-order valence-corrected chi connectivity index (χ0v) is 16.5. The van der Waals surface area contributed by atoms with Crippen LogP contribution in [0.2, 0.25) is 5.02 Å². The van der Waals surface area contributed by atoms with Crippen molar-refractivity contribution in [2.24, 2.45) is 0 Å². The minimum absolute atomic E-state index is 0.155. The molecular formula is C21H17ClN6O2. The molecule has 1 N–H and O–H groups in total. The van der Waals surface area contributed by atoms with E-state index < -0.39 is 0 Å². The van der Waals surface area contributed by atoms with Gasteiger partial charge in [-0.3, -0.25) is 19.0 Å². The molecule has 0 aliphatic rings. The van der Waals surface area contributed by atoms with Gasteiger partial charge in [0.05, 0.1) is 0 Å². The molecule has 8 nitrogen and oxygen atoms in total. The molecule has 0 saturated heterocycles. The van der Waals surface area contributed by atoms with Crippen LogP contribution in [0.15, 0.2) is 73.4 Å². The van der Waals surface area contributed by atoms with E-state index in [9.17, 15) is 9.59 Å². The molecule has 9 heteroatoms. The fraction of sp³-hybridized carbons (Fsp3) is 0.0952. The highest BCUT2D eigenvalue weighted by molar-refractivity contribution is 6.30. The summed E-state index contributed by atoms with van der Waals surface area (Å²) in [7, 11) is 0. The summed E-state index contributed by atoms with van der Waals surface area (Å²) in [5, 5.41) is 3.34. The van der Waals surface area contributed by atoms with Crippen LogP contribution in [-0.2, 0) is 11.3 Å². The van der Waals surface area contributed by atoms with E-state index in [1.54, 1.807) is 71.8 Å². The van der Waals surface area contributed by atoms with Crippen molar-refractivity contribution in [3.8, 4) is 0 Å². The molecule has 0 radical (unpaired) electrons. The van der Waals surface area contributed by atoms with Crippen LogP contribution in [0.5, 0.6) is 0 Å². The Morgan fingerprint density at radius 1 is 1.10 bits per heavy atom. The largest absolute Gasteiger partial charge is 0.325 e. The topological polar surface area (TPSA) is 92.5 Å². The molecule has 3 aromatic heterocycles. The van der Waals surface area contributed by atoms with Crippen LogP contribution in [-0.4, -0.2) is 42.6 Å². The molecule has 0 bridgehead atoms. The van der Waals surface area contributed by atoms with Gasteiger partial charge in [0.1, 0.15) is 12.2 Å². The van der Waals surface area contributed by atoms with Crippen LogP contribution < -0.4 is 5.32 Å². The molecule has 0 saturated carbocycles. The van der Waals surface area contributed by atoms with Gasteiger partial charge >= 0.3 is 0 Å². The van der Waals surface area contributed by atoms with Crippen LogP contribution in [0.4, 0.5) is 5.69 Å². The van der Waals surface area contributed by atoms with E-state index in [1.807, 2.05) is 6.07 Å². The van der Waals surface area contributed by atoms with E-state index in [0.717, 1.165) is 5.56 Å². The Kier molecular flexibility index (Phi) is 5.67. The molecule has 150 valence electrons. The predicted octanol–water partition coefficient (Wildman–Crippen LogP) is 3.06. The summed E-state index contributed by atoms with van der Waals surface area (Å²) in [6, 6.07) is 12.1. The number of anilines is 1. The van der Waals surface area contributed by atoms with Gasteiger partial charge in [-0.25, -0.2) is 9.97 Å². The molecule has 4 rings (SSSR count). The fourth-order valence-electron chi connectivity index (χ4n) is 2.91. The van der Waals surface area contributed by atoms with Gasteiger partial charge in [-0.1, -0.05) is 17.7 Å². The Morgan fingerprint density at radius 2 is 1.93 bits per heavy atom. The summed E-state index contributed by atoms with van der Waals surface area (Å²) in [5.74, 6) is -0.306. The van der Waals surface area contributed by atoms with Crippen molar-refractivity contribution in [3.63, 3.8) is 0 Å². The molecule has 0 fully saturated rings. The van der Waals surface area contributed by atoms with Gasteiger partial charge in [0, 0.05) is 48.2 Å². The number of aromatic nitrogens is 4. The van der Waals surface area contributed by atoms with E-state index in [2.05, 4.69) is 20.3 Å². The standard InChI is InChI=1S/C21H17ClN6O2/c22-16-4-6-17(7-5-16)25-19(29)14-28(12-15-3-1-8-23-11-15)20(30)18-13-27-10-2-9-24-21(27)26-18/h1-11,13H,12,14H2,(H,25,29). The van der Waals surface area contributed by atoms with Crippen LogP contribution in [0.25, 0.3) is 5.78 Å². The number of hydrogen-bond donors (Lipinski definition) is 1. The number of pyridine rings is 1. The van der Waals surface area contributed by atoms with Crippen molar-refractivity contribution in [1.29, 1.82) is 0 Å². The number of benzene rings is 1. The molecule has 3 heterocycles. The molecule has 0 aliphatic carbocycles. The number of hydrogen-bond acceptors (Lipinski definition) is 5. The average Bonchev–Trinajstić information content (AvgIpc) is 3.19. The lowest BCUT2D eigenvalue weighted by molar-refractivity contribution is -0.117. The van der Waals surface area contributed by atoms with E-state index >= 15 is 0 Å². The second-order valence-corrected chi connectivity index (χ2v) is 6.97. The van der Waals surface area contributed by atoms with E-state index in [-0.39, 0.29) is 30.6 Å². The van der Waals surface area contributed by atoms with Crippen molar-refractivity contribution < 1.29 is 9.59 Å². The minimum Gasteiger partial charge on any atom is -0.325 e. The molecular weight excluding hydrogens is 404 g/mol. The predicted molar refractivity (Wildman–Crippen MR) is 112 cm³/mol. The summed E-state index contributed by atoms with van der Waals surface area (Å²) >= 11 is 5.88. The molecule has 0 spiro atoms. The highest BCUT2D eigenvalue weighted by atomic mass is 35.5. The van der Waals surface area contributed by atoms with Crippen LogP contribution in [0.3, 0.4) is 0 Å². The van der Waals surface area contributed by atoms with Crippen molar-refractivity contribution >= 4 is 34.9 Å². The van der Waals surface area contributed by atoms with Gasteiger partial charge in [0.15, 0.2) is 0 Å². The van der Waals surface area contributed by atoms with Crippen molar-refractivity contribution in [2.75, 3.05) is 11.9 Å². The first kappa shape index (κ1) is 19.5. The number of imidazole rings is 1. The Bertz CT molecular complexity index is 1140. The van der Waals surface area contributed by atoms with Gasteiger partial charge in [-0.15, -0.1) is 0 Å². The third-order valence-corrected chi connectivity index (χ3v) is 4.55. The molecule has 0 atom stereocenters. The van der Waals surface area contributed by atoms with Gasteiger partial charge in [-0.2, -0.15) is 0 Å². The normalized spacial score (nSPS) is 10.7. The third kappa shape index (κ3) is 4.61. The molecule has 0 unspecified atom stereocenters. The van der Waals surface area contributed by atoms with Crippen LogP contribution >= 0.6 is 11.6 Å². The van der Waals surface area contributed by atoms with Gasteiger partial charge in [0.25, 0.3) is 5.91 Å². The first-order valence-corrected chi connectivity index (χ1v) is 9.49. The molecule has 4 aromatic rings. The summed E-state index contributed by atoms with van der Waals surface area (Å²) in [6.07, 6.45) is 8.26. The summed E-state index contributed by atoms with van der Waals surface area (Å²) in [4.78, 5) is 39.7. The smallest absolute Gasteiger partial charge is 0.274 e. The molecule has 30 heavy (non-hydrogen) atoms. The molecule has 2 amide bonds. The zero-order chi connectivity index (χ0) is 20.9. The number of nitrogens with zero attached hydrogens (tertiary/aromatic N) is 5. The van der Waals surface area contributed by atoms with Crippen molar-refractivity contribution in [3.05, 3.63) is 89.7 Å². The lowest BCUT2D eigenvalue weighted by Crippen LogP contribution is -2.37. The molecule has 1 aromatic carbocycles. The Morgan fingerprint density at radius 3 is 2.67 bits per heavy atom. The number of nitrogens with one attached hydrogen (secondary N) is 1. The Labute approximate surface area is 177 Å². The maximum Gasteiger partial charge on any atom is 0.274 e. The number of amides is 2. The van der Waals surface area contributed by atoms with E-state index in [1.165, 1.54) is 4.90 Å². The lowest BCUT2D eigenvalue weighted by Gasteiger charge is -2.21. The highest BCUT2D eigenvalue weighted by Gasteiger charge is 2.22. The van der Waals surface area contributed by atoms with Gasteiger partial charge in [-0.05, 0) is 42.0 Å². The van der Waals surface area contributed by atoms with Crippen LogP contribution in [0.1, 0.15) is 16.1 Å². The maximum absolute atomic E-state index is 13.2. The number of rotatable bonds is 6. The highest BCUT2D eigenvalue weighted by Crippen LogP contribution is 2.14. The zero-order valence-electron chi connectivity index (χ0n) is 15.8. The number of carbonyl (C=O) groups is 2. The monoisotopic (exact) mass is 420 g/mol. The van der Waals surface area contributed by atoms with Gasteiger partial charge in [0.2, 0.25) is 11.7 Å². The van der Waals surface area contributed by atoms with E-state index in [4.69, 9.17) is 11.6 Å². The first-order valence-electron chi connectivity index (χ1n) is 9.12. The number of halogens is 1. The summed E-state index contributed by atoms with van der Waals surface area (Å²) in [6.45, 7) is 0.0552. The third-order valence-electron chi connectivity index (χ3n) is 4.30. The van der Waals surface area contributed by atoms with Gasteiger partial charge < -0.3 is 10.2 Å². The maximum atomic E-state index is 13.2. The Balaban J connectivity index is 1.56. The second kappa shape index (κ2) is 8.71. The van der Waals surface area contributed by atoms with Crippen molar-refractivity contribution in [1.82, 2.24) is 24.3 Å². The fourth-order valence-corrected chi connectivity index (χ4v) is 3.04. The minimum atomic E-state index is -0.379. The Hall–Kier alpha value is -3.78. The quantitative estimate of drug-likeness (QED) is 0.517. The second-order valence-electron chi connectivity index (χ2n) is 6.53. The first-order chi connectivity index (χ1) is 14.6. The van der Waals surface area contributed by atoms with Crippen molar-refractivity contribution in [2.45, 2.75) is 6.54 Å². The SMILES string of the molecule is O=C(CN(Cc1cccnc1)C(=O)c1cn2cccnc2n1)Nc1ccc(Cl)cc1. The average molecular weight is 421 g/mol. The van der Waals surface area contributed by atoms with E-state index in [0.29, 0.717) is 16.5 Å². The summed E-state index contributed by atoms with van der Waals surface area (Å²) in [5.41, 5.74) is 1.60. The lowest BCUT2D eigenvalue weighted by atomic mass is 10.2. The van der Waals surface area contributed by atoms with Crippen LogP contribution in [0, 0.1) is 0 Å².